The number of aliphatic carboxylic acids is 2. The number of nitrogens with one attached hydrogen (secondary N) is 3. The molecular weight excluding hydrogens is 422 g/mol. The first-order chi connectivity index (χ1) is 15.2. The van der Waals surface area contributed by atoms with E-state index >= 15 is 0 Å². The van der Waals surface area contributed by atoms with Gasteiger partial charge in [-0.15, -0.1) is 0 Å². The van der Waals surface area contributed by atoms with Crippen molar-refractivity contribution in [3.05, 3.63) is 52.1 Å². The number of carboxylic acids is 2. The number of rotatable bonds is 9. The molecule has 0 unspecified atom stereocenters. The van der Waals surface area contributed by atoms with E-state index in [2.05, 4.69) is 30.6 Å². The summed E-state index contributed by atoms with van der Waals surface area (Å²) in [4.78, 5) is 58.8. The van der Waals surface area contributed by atoms with Crippen LogP contribution in [-0.2, 0) is 11.3 Å². The summed E-state index contributed by atoms with van der Waals surface area (Å²) in [5.74, 6) is -2.85. The number of nitrogens with two attached hydrogens (primary N) is 1. The van der Waals surface area contributed by atoms with E-state index in [4.69, 9.17) is 20.7 Å². The molecule has 1 atom stereocenters. The molecule has 2 aromatic heterocycles. The predicted octanol–water partition coefficient (Wildman–Crippen LogP) is -0.0690. The molecule has 3 aromatic rings. The van der Waals surface area contributed by atoms with Gasteiger partial charge in [-0.25, -0.2) is 14.8 Å². The van der Waals surface area contributed by atoms with Crippen molar-refractivity contribution in [3.63, 3.8) is 0 Å². The highest BCUT2D eigenvalue weighted by molar-refractivity contribution is 5.96. The van der Waals surface area contributed by atoms with Gasteiger partial charge in [-0.2, -0.15) is 4.98 Å². The lowest BCUT2D eigenvalue weighted by Crippen LogP contribution is -2.41. The van der Waals surface area contributed by atoms with E-state index in [0.29, 0.717) is 11.4 Å². The molecule has 1 aromatic carbocycles. The summed E-state index contributed by atoms with van der Waals surface area (Å²) in [7, 11) is 0. The number of carboxylic acid groups (broad SMARTS) is 2. The fourth-order valence-electron chi connectivity index (χ4n) is 2.76. The summed E-state index contributed by atoms with van der Waals surface area (Å²) in [5.41, 5.74) is 6.51. The first-order valence-electron chi connectivity index (χ1n) is 9.35. The second kappa shape index (κ2) is 9.51. The molecule has 2 heterocycles. The van der Waals surface area contributed by atoms with Crippen molar-refractivity contribution in [2.45, 2.75) is 25.4 Å². The SMILES string of the molecule is Nc1nc2ncc(CNc3ccc(C(=O)N[C@H](CCC(O)=[OH+])C(=O)O)cc3)nc2c(=O)[nH]1. The number of carbonyl (C=O) groups excluding carboxylic acids is 1. The van der Waals surface area contributed by atoms with Crippen molar-refractivity contribution < 1.29 is 24.6 Å². The fraction of sp³-hybridized carbons (Fsp3) is 0.211. The lowest BCUT2D eigenvalue weighted by Gasteiger charge is -2.13. The Hall–Kier alpha value is -4.55. The number of H-pyrrole nitrogens is 1. The number of benzene rings is 1. The quantitative estimate of drug-likeness (QED) is 0.242. The van der Waals surface area contributed by atoms with Gasteiger partial charge in [0.05, 0.1) is 18.4 Å². The average molecular weight is 442 g/mol. The predicted molar refractivity (Wildman–Crippen MR) is 114 cm³/mol. The van der Waals surface area contributed by atoms with Crippen LogP contribution in [0.25, 0.3) is 11.2 Å². The molecule has 0 aliphatic heterocycles. The lowest BCUT2D eigenvalue weighted by molar-refractivity contribution is -0.139. The highest BCUT2D eigenvalue weighted by atomic mass is 16.4. The van der Waals surface area contributed by atoms with Crippen molar-refractivity contribution in [2.75, 3.05) is 11.1 Å². The number of aromatic amines is 1. The number of aliphatic hydroxyl groups excluding tert-OH is 1. The standard InChI is InChI=1S/C19H19N7O6/c20-19-25-15-14(17(30)26-19)23-11(8-22-15)7-21-10-3-1-9(2-4-10)16(29)24-12(18(31)32)5-6-13(27)28/h1-4,8,12,21H,5-7H2,(H,24,29)(H,27,28)(H,31,32)(H3,20,22,25,26,30)/p+1/t12-/m1/s1. The van der Waals surface area contributed by atoms with Crippen molar-refractivity contribution in [1.82, 2.24) is 25.3 Å². The molecule has 13 heteroatoms. The fourth-order valence-corrected chi connectivity index (χ4v) is 2.76. The van der Waals surface area contributed by atoms with Crippen molar-refractivity contribution >= 4 is 40.6 Å². The van der Waals surface area contributed by atoms with Crippen LogP contribution in [-0.4, -0.2) is 58.8 Å². The third-order valence-corrected chi connectivity index (χ3v) is 4.37. The van der Waals surface area contributed by atoms with Gasteiger partial charge in [0.2, 0.25) is 5.95 Å². The van der Waals surface area contributed by atoms with Gasteiger partial charge in [0.25, 0.3) is 11.5 Å². The molecule has 3 rings (SSSR count). The van der Waals surface area contributed by atoms with Crippen LogP contribution in [0.4, 0.5) is 11.6 Å². The first kappa shape index (κ1) is 22.1. The number of anilines is 2. The third-order valence-electron chi connectivity index (χ3n) is 4.37. The summed E-state index contributed by atoms with van der Waals surface area (Å²) >= 11 is 0. The van der Waals surface area contributed by atoms with Crippen LogP contribution >= 0.6 is 0 Å². The Labute approximate surface area is 179 Å². The van der Waals surface area contributed by atoms with Gasteiger partial charge < -0.3 is 31.4 Å². The second-order valence-corrected chi connectivity index (χ2v) is 6.73. The molecule has 1 amide bonds. The van der Waals surface area contributed by atoms with Gasteiger partial charge in [-0.1, -0.05) is 0 Å². The molecule has 13 nitrogen and oxygen atoms in total. The van der Waals surface area contributed by atoms with Gasteiger partial charge in [0.15, 0.2) is 11.2 Å². The van der Waals surface area contributed by atoms with E-state index in [1.807, 2.05) is 0 Å². The molecule has 0 spiro atoms. The van der Waals surface area contributed by atoms with E-state index in [0.717, 1.165) is 0 Å². The molecule has 32 heavy (non-hydrogen) atoms. The van der Waals surface area contributed by atoms with Gasteiger partial charge in [0, 0.05) is 11.3 Å². The Balaban J connectivity index is 1.62. The van der Waals surface area contributed by atoms with E-state index in [1.165, 1.54) is 18.3 Å². The number of nitrogens with zero attached hydrogens (tertiary/aromatic N) is 3. The summed E-state index contributed by atoms with van der Waals surface area (Å²) in [5, 5.41) is 23.4. The maximum atomic E-state index is 12.3. The molecule has 0 saturated carbocycles. The normalized spacial score (nSPS) is 11.6. The number of hydrogen-bond donors (Lipinski definition) is 6. The molecule has 8 N–H and O–H groups in total. The second-order valence-electron chi connectivity index (χ2n) is 6.73. The van der Waals surface area contributed by atoms with Crippen molar-refractivity contribution in [1.29, 1.82) is 0 Å². The van der Waals surface area contributed by atoms with Crippen LogP contribution in [0.2, 0.25) is 0 Å². The van der Waals surface area contributed by atoms with E-state index < -0.39 is 29.4 Å². The van der Waals surface area contributed by atoms with Crippen LogP contribution in [0, 0.1) is 0 Å². The molecule has 0 fully saturated rings. The minimum atomic E-state index is -1.29. The van der Waals surface area contributed by atoms with Crippen molar-refractivity contribution in [3.8, 4) is 0 Å². The number of carbonyl (C=O) groups is 2. The van der Waals surface area contributed by atoms with Gasteiger partial charge in [-0.05, 0) is 30.7 Å². The number of aromatic nitrogens is 4. The number of fused-ring (bicyclic) bond motifs is 1. The summed E-state index contributed by atoms with van der Waals surface area (Å²) in [6.07, 6.45) is 1.02. The lowest BCUT2D eigenvalue weighted by atomic mass is 10.1. The summed E-state index contributed by atoms with van der Waals surface area (Å²) in [6, 6.07) is 4.95. The van der Waals surface area contributed by atoms with E-state index in [-0.39, 0.29) is 42.1 Å². The number of hydrogen-bond acceptors (Lipinski definition) is 8. The van der Waals surface area contributed by atoms with E-state index in [1.54, 1.807) is 12.1 Å². The highest BCUT2D eigenvalue weighted by Crippen LogP contribution is 2.12. The highest BCUT2D eigenvalue weighted by Gasteiger charge is 2.23. The van der Waals surface area contributed by atoms with Gasteiger partial charge >= 0.3 is 11.9 Å². The van der Waals surface area contributed by atoms with Crippen LogP contribution in [0.15, 0.2) is 35.3 Å². The Bertz CT molecular complexity index is 1230. The van der Waals surface area contributed by atoms with Crippen LogP contribution < -0.4 is 21.9 Å². The molecule has 0 aliphatic carbocycles. The maximum Gasteiger partial charge on any atom is 0.480 e. The third kappa shape index (κ3) is 5.53. The van der Waals surface area contributed by atoms with E-state index in [9.17, 15) is 14.4 Å². The molecular formula is C19H20N7O6+. The number of amides is 1. The van der Waals surface area contributed by atoms with Gasteiger partial charge in [0.1, 0.15) is 12.5 Å². The first-order valence-corrected chi connectivity index (χ1v) is 9.35. The molecule has 0 saturated heterocycles. The smallest absolute Gasteiger partial charge is 0.480 e. The molecule has 166 valence electrons. The van der Waals surface area contributed by atoms with Crippen LogP contribution in [0.5, 0.6) is 0 Å². The van der Waals surface area contributed by atoms with Gasteiger partial charge in [-0.3, -0.25) is 14.6 Å². The largest absolute Gasteiger partial charge is 0.480 e. The zero-order valence-corrected chi connectivity index (χ0v) is 16.6. The van der Waals surface area contributed by atoms with Crippen molar-refractivity contribution in [2.24, 2.45) is 0 Å². The topological polar surface area (TPSA) is 218 Å². The number of nitrogen functional groups attached to an aromatic ring is 1. The minimum absolute atomic E-state index is 0.0497. The Morgan fingerprint density at radius 1 is 1.19 bits per heavy atom. The molecule has 0 bridgehead atoms. The van der Waals surface area contributed by atoms with Crippen LogP contribution in [0.1, 0.15) is 28.9 Å². The molecule has 0 radical (unpaired) electrons. The summed E-state index contributed by atoms with van der Waals surface area (Å²) < 4.78 is 0. The zero-order valence-electron chi connectivity index (χ0n) is 16.6. The van der Waals surface area contributed by atoms with Crippen LogP contribution in [0.3, 0.4) is 0 Å². The molecule has 0 aliphatic rings. The minimum Gasteiger partial charge on any atom is -0.480 e. The monoisotopic (exact) mass is 442 g/mol. The Morgan fingerprint density at radius 2 is 1.91 bits per heavy atom. The Kier molecular flexibility index (Phi) is 6.58. The zero-order chi connectivity index (χ0) is 23.3. The Morgan fingerprint density at radius 3 is 2.56 bits per heavy atom. The summed E-state index contributed by atoms with van der Waals surface area (Å²) in [6.45, 7) is 0.237. The maximum absolute atomic E-state index is 12.3. The average Bonchev–Trinajstić information content (AvgIpc) is 2.75.